The van der Waals surface area contributed by atoms with Crippen LogP contribution in [0.1, 0.15) is 19.8 Å². The van der Waals surface area contributed by atoms with Crippen molar-refractivity contribution >= 4 is 17.4 Å². The molecule has 3 nitrogen and oxygen atoms in total. The maximum atomic E-state index is 5.83. The molecule has 0 aliphatic carbocycles. The number of nitrogens with two attached hydrogens (primary N) is 1. The van der Waals surface area contributed by atoms with Crippen LogP contribution < -0.4 is 10.5 Å². The summed E-state index contributed by atoms with van der Waals surface area (Å²) < 4.78 is 11.1. The Morgan fingerprint density at radius 2 is 2.41 bits per heavy atom. The van der Waals surface area contributed by atoms with Crippen molar-refractivity contribution in [3.63, 3.8) is 0 Å². The van der Waals surface area contributed by atoms with Crippen LogP contribution in [0.15, 0.2) is 23.1 Å². The Morgan fingerprint density at radius 1 is 1.53 bits per heavy atom. The van der Waals surface area contributed by atoms with Gasteiger partial charge in [-0.15, -0.1) is 11.8 Å². The molecule has 1 aromatic carbocycles. The lowest BCUT2D eigenvalue weighted by molar-refractivity contribution is 0.129. The summed E-state index contributed by atoms with van der Waals surface area (Å²) in [5.74, 6) is 1.79. The van der Waals surface area contributed by atoms with Gasteiger partial charge in [-0.2, -0.15) is 0 Å². The van der Waals surface area contributed by atoms with Gasteiger partial charge in [0.25, 0.3) is 0 Å². The minimum Gasteiger partial charge on any atom is -0.492 e. The molecule has 0 bridgehead atoms. The van der Waals surface area contributed by atoms with Crippen molar-refractivity contribution in [1.82, 2.24) is 0 Å². The third kappa shape index (κ3) is 3.54. The third-order valence-corrected chi connectivity index (χ3v) is 3.87. The second-order valence-corrected chi connectivity index (χ2v) is 5.17. The van der Waals surface area contributed by atoms with Gasteiger partial charge in [0.1, 0.15) is 5.75 Å². The van der Waals surface area contributed by atoms with Gasteiger partial charge in [-0.1, -0.05) is 0 Å². The van der Waals surface area contributed by atoms with Crippen LogP contribution in [0.5, 0.6) is 5.75 Å². The van der Waals surface area contributed by atoms with E-state index >= 15 is 0 Å². The Kier molecular flexibility index (Phi) is 4.57. The van der Waals surface area contributed by atoms with Crippen molar-refractivity contribution in [2.24, 2.45) is 0 Å². The maximum Gasteiger partial charge on any atom is 0.143 e. The van der Waals surface area contributed by atoms with E-state index in [0.717, 1.165) is 18.1 Å². The van der Waals surface area contributed by atoms with Gasteiger partial charge < -0.3 is 15.2 Å². The van der Waals surface area contributed by atoms with Gasteiger partial charge in [0.2, 0.25) is 0 Å². The lowest BCUT2D eigenvalue weighted by Crippen LogP contribution is -2.07. The van der Waals surface area contributed by atoms with Gasteiger partial charge in [0.05, 0.1) is 18.4 Å². The topological polar surface area (TPSA) is 44.5 Å². The van der Waals surface area contributed by atoms with Crippen molar-refractivity contribution in [3.05, 3.63) is 18.2 Å². The van der Waals surface area contributed by atoms with Gasteiger partial charge in [-0.25, -0.2) is 0 Å². The van der Waals surface area contributed by atoms with Gasteiger partial charge in [-0.3, -0.25) is 0 Å². The minimum atomic E-state index is 0.410. The number of nitrogen functional groups attached to an aromatic ring is 1. The van der Waals surface area contributed by atoms with Crippen LogP contribution in [0.2, 0.25) is 0 Å². The summed E-state index contributed by atoms with van der Waals surface area (Å²) in [4.78, 5) is 1.19. The molecule has 1 aliphatic heterocycles. The normalized spacial score (nSPS) is 19.5. The molecule has 0 spiro atoms. The van der Waals surface area contributed by atoms with Crippen LogP contribution in [0.4, 0.5) is 5.69 Å². The summed E-state index contributed by atoms with van der Waals surface area (Å²) in [6, 6.07) is 5.96. The summed E-state index contributed by atoms with van der Waals surface area (Å²) >= 11 is 1.81. The molecule has 0 amide bonds. The first-order valence-corrected chi connectivity index (χ1v) is 7.05. The first kappa shape index (κ1) is 12.6. The van der Waals surface area contributed by atoms with Crippen LogP contribution in [-0.2, 0) is 4.74 Å². The predicted molar refractivity (Wildman–Crippen MR) is 71.7 cm³/mol. The first-order valence-electron chi connectivity index (χ1n) is 6.06. The zero-order valence-electron chi connectivity index (χ0n) is 10.1. The monoisotopic (exact) mass is 253 g/mol. The lowest BCUT2D eigenvalue weighted by Gasteiger charge is -2.11. The number of rotatable bonds is 5. The van der Waals surface area contributed by atoms with E-state index in [-0.39, 0.29) is 0 Å². The SMILES string of the molecule is CCOc1cc(SCC2CCCO2)ccc1N. The Hall–Kier alpha value is -0.870. The molecule has 4 heteroatoms. The summed E-state index contributed by atoms with van der Waals surface area (Å²) in [5.41, 5.74) is 6.54. The van der Waals surface area contributed by atoms with Crippen LogP contribution in [0.25, 0.3) is 0 Å². The molecular formula is C13H19NO2S. The molecule has 1 aromatic rings. The van der Waals surface area contributed by atoms with Crippen molar-refractivity contribution < 1.29 is 9.47 Å². The van der Waals surface area contributed by atoms with Gasteiger partial charge in [-0.05, 0) is 38.0 Å². The predicted octanol–water partition coefficient (Wildman–Crippen LogP) is 2.94. The van der Waals surface area contributed by atoms with Crippen molar-refractivity contribution in [2.75, 3.05) is 24.7 Å². The van der Waals surface area contributed by atoms with Crippen LogP contribution >= 0.6 is 11.8 Å². The average molecular weight is 253 g/mol. The summed E-state index contributed by atoms with van der Waals surface area (Å²) in [7, 11) is 0. The summed E-state index contributed by atoms with van der Waals surface area (Å²) in [6.45, 7) is 3.52. The Bertz CT molecular complexity index is 364. The van der Waals surface area contributed by atoms with E-state index in [4.69, 9.17) is 15.2 Å². The first-order chi connectivity index (χ1) is 8.29. The average Bonchev–Trinajstić information content (AvgIpc) is 2.83. The van der Waals surface area contributed by atoms with Gasteiger partial charge in [0, 0.05) is 17.3 Å². The molecule has 0 saturated carbocycles. The Labute approximate surface area is 107 Å². The molecule has 2 rings (SSSR count). The summed E-state index contributed by atoms with van der Waals surface area (Å²) in [5, 5.41) is 0. The van der Waals surface area contributed by atoms with Crippen molar-refractivity contribution in [3.8, 4) is 5.75 Å². The molecule has 1 fully saturated rings. The molecule has 1 atom stereocenters. The van der Waals surface area contributed by atoms with Crippen molar-refractivity contribution in [2.45, 2.75) is 30.8 Å². The highest BCUT2D eigenvalue weighted by Crippen LogP contribution is 2.30. The van der Waals surface area contributed by atoms with E-state index in [1.165, 1.54) is 17.7 Å². The molecular weight excluding hydrogens is 234 g/mol. The molecule has 17 heavy (non-hydrogen) atoms. The largest absolute Gasteiger partial charge is 0.492 e. The number of benzene rings is 1. The Morgan fingerprint density at radius 3 is 3.12 bits per heavy atom. The van der Waals surface area contributed by atoms with Crippen LogP contribution in [-0.4, -0.2) is 25.1 Å². The number of hydrogen-bond acceptors (Lipinski definition) is 4. The second-order valence-electron chi connectivity index (χ2n) is 4.08. The van der Waals surface area contributed by atoms with Crippen molar-refractivity contribution in [1.29, 1.82) is 0 Å². The zero-order chi connectivity index (χ0) is 12.1. The number of anilines is 1. The maximum absolute atomic E-state index is 5.83. The minimum absolute atomic E-state index is 0.410. The molecule has 1 heterocycles. The van der Waals surface area contributed by atoms with Gasteiger partial charge >= 0.3 is 0 Å². The molecule has 1 saturated heterocycles. The highest BCUT2D eigenvalue weighted by molar-refractivity contribution is 7.99. The second kappa shape index (κ2) is 6.17. The van der Waals surface area contributed by atoms with E-state index in [9.17, 15) is 0 Å². The smallest absolute Gasteiger partial charge is 0.143 e. The molecule has 1 aliphatic rings. The molecule has 94 valence electrons. The number of thioether (sulfide) groups is 1. The molecule has 2 N–H and O–H groups in total. The Balaban J connectivity index is 1.93. The van der Waals surface area contributed by atoms with Crippen LogP contribution in [0, 0.1) is 0 Å². The van der Waals surface area contributed by atoms with E-state index < -0.39 is 0 Å². The lowest BCUT2D eigenvalue weighted by atomic mass is 10.3. The zero-order valence-corrected chi connectivity index (χ0v) is 11.0. The third-order valence-electron chi connectivity index (χ3n) is 2.74. The van der Waals surface area contributed by atoms with E-state index in [0.29, 0.717) is 18.4 Å². The fourth-order valence-corrected chi connectivity index (χ4v) is 2.85. The molecule has 0 aromatic heterocycles. The summed E-state index contributed by atoms with van der Waals surface area (Å²) in [6.07, 6.45) is 2.78. The standard InChI is InChI=1S/C13H19NO2S/c1-2-15-13-8-11(5-6-12(13)14)17-9-10-4-3-7-16-10/h5-6,8,10H,2-4,7,9,14H2,1H3. The van der Waals surface area contributed by atoms with Crippen LogP contribution in [0.3, 0.4) is 0 Å². The molecule has 0 radical (unpaired) electrons. The highest BCUT2D eigenvalue weighted by atomic mass is 32.2. The fourth-order valence-electron chi connectivity index (χ4n) is 1.85. The molecule has 1 unspecified atom stereocenters. The number of hydrogen-bond donors (Lipinski definition) is 1. The van der Waals surface area contributed by atoms with Gasteiger partial charge in [0.15, 0.2) is 0 Å². The van der Waals surface area contributed by atoms with E-state index in [2.05, 4.69) is 0 Å². The van der Waals surface area contributed by atoms with E-state index in [1.807, 2.05) is 25.1 Å². The highest BCUT2D eigenvalue weighted by Gasteiger charge is 2.15. The van der Waals surface area contributed by atoms with E-state index in [1.54, 1.807) is 11.8 Å². The number of ether oxygens (including phenoxy) is 2. The fraction of sp³-hybridized carbons (Fsp3) is 0.538. The quantitative estimate of drug-likeness (QED) is 0.647.